The number of aromatic nitrogens is 3. The van der Waals surface area contributed by atoms with Gasteiger partial charge in [0.05, 0.1) is 16.5 Å². The number of rotatable bonds is 7. The van der Waals surface area contributed by atoms with E-state index in [1.54, 1.807) is 6.92 Å². The van der Waals surface area contributed by atoms with Gasteiger partial charge in [-0.25, -0.2) is 13.8 Å². The fraction of sp³-hybridized carbons (Fsp3) is 0.333. The van der Waals surface area contributed by atoms with Crippen molar-refractivity contribution in [3.05, 3.63) is 42.5 Å². The van der Waals surface area contributed by atoms with Crippen molar-refractivity contribution in [1.82, 2.24) is 14.8 Å². The SMILES string of the molecule is Cc1c(Br)c([N+](=O)[O-])nn1CC(=O)Nc1c(C(N)=O)sc2nc(C(F)F)cc(C3CC3)c12. The molecule has 168 valence electrons. The molecule has 0 unspecified atom stereocenters. The quantitative estimate of drug-likeness (QED) is 0.349. The van der Waals surface area contributed by atoms with Gasteiger partial charge in [0.15, 0.2) is 0 Å². The van der Waals surface area contributed by atoms with E-state index in [-0.39, 0.29) is 32.3 Å². The largest absolute Gasteiger partial charge is 0.404 e. The molecular formula is C18H15BrF2N6O4S. The normalized spacial score (nSPS) is 13.7. The maximum Gasteiger partial charge on any atom is 0.404 e. The van der Waals surface area contributed by atoms with Gasteiger partial charge < -0.3 is 21.2 Å². The lowest BCUT2D eigenvalue weighted by Gasteiger charge is -2.10. The number of primary amides is 1. The first-order valence-corrected chi connectivity index (χ1v) is 10.9. The number of nitrogens with zero attached hydrogens (tertiary/aromatic N) is 4. The summed E-state index contributed by atoms with van der Waals surface area (Å²) in [5.74, 6) is -1.87. The summed E-state index contributed by atoms with van der Waals surface area (Å²) in [5.41, 5.74) is 6.12. The Balaban J connectivity index is 1.74. The van der Waals surface area contributed by atoms with Crippen LogP contribution < -0.4 is 11.1 Å². The van der Waals surface area contributed by atoms with E-state index in [1.807, 2.05) is 0 Å². The van der Waals surface area contributed by atoms with Gasteiger partial charge in [-0.1, -0.05) is 0 Å². The Bertz CT molecular complexity index is 1290. The van der Waals surface area contributed by atoms with Gasteiger partial charge in [0.1, 0.15) is 26.4 Å². The minimum absolute atomic E-state index is 0.0153. The molecule has 0 aromatic carbocycles. The molecule has 1 aliphatic carbocycles. The van der Waals surface area contributed by atoms with E-state index >= 15 is 0 Å². The van der Waals surface area contributed by atoms with Crippen LogP contribution >= 0.6 is 27.3 Å². The van der Waals surface area contributed by atoms with Crippen molar-refractivity contribution in [2.45, 2.75) is 38.7 Å². The molecule has 10 nitrogen and oxygen atoms in total. The smallest absolute Gasteiger partial charge is 0.365 e. The molecule has 0 aliphatic heterocycles. The molecule has 4 rings (SSSR count). The molecule has 32 heavy (non-hydrogen) atoms. The zero-order valence-electron chi connectivity index (χ0n) is 16.4. The summed E-state index contributed by atoms with van der Waals surface area (Å²) in [5, 5.41) is 17.9. The van der Waals surface area contributed by atoms with Crippen molar-refractivity contribution >= 4 is 60.8 Å². The highest BCUT2D eigenvalue weighted by Gasteiger charge is 2.32. The molecule has 14 heteroatoms. The number of thiophene rings is 1. The Morgan fingerprint density at radius 1 is 1.47 bits per heavy atom. The van der Waals surface area contributed by atoms with E-state index < -0.39 is 34.7 Å². The fourth-order valence-electron chi connectivity index (χ4n) is 3.36. The second-order valence-corrected chi connectivity index (χ2v) is 9.04. The van der Waals surface area contributed by atoms with Gasteiger partial charge in [0.25, 0.3) is 12.3 Å². The zero-order chi connectivity index (χ0) is 23.3. The number of anilines is 1. The number of alkyl halides is 2. The maximum atomic E-state index is 13.3. The molecule has 1 fully saturated rings. The Hall–Kier alpha value is -3.00. The average molecular weight is 529 g/mol. The zero-order valence-corrected chi connectivity index (χ0v) is 18.8. The lowest BCUT2D eigenvalue weighted by Crippen LogP contribution is -2.22. The molecule has 1 saturated carbocycles. The number of halogens is 3. The van der Waals surface area contributed by atoms with E-state index in [1.165, 1.54) is 6.07 Å². The highest BCUT2D eigenvalue weighted by Crippen LogP contribution is 2.48. The molecule has 0 spiro atoms. The van der Waals surface area contributed by atoms with Crippen molar-refractivity contribution in [3.63, 3.8) is 0 Å². The molecule has 0 radical (unpaired) electrons. The first-order valence-electron chi connectivity index (χ1n) is 9.30. The van der Waals surface area contributed by atoms with Crippen LogP contribution in [0.5, 0.6) is 0 Å². The second kappa shape index (κ2) is 8.16. The molecule has 1 aliphatic rings. The monoisotopic (exact) mass is 528 g/mol. The van der Waals surface area contributed by atoms with Crippen LogP contribution in [0.15, 0.2) is 10.5 Å². The molecule has 0 atom stereocenters. The summed E-state index contributed by atoms with van der Waals surface area (Å²) in [6.07, 6.45) is -1.20. The molecule has 0 bridgehead atoms. The summed E-state index contributed by atoms with van der Waals surface area (Å²) in [6.45, 7) is 1.17. The van der Waals surface area contributed by atoms with E-state index in [0.717, 1.165) is 28.9 Å². The Morgan fingerprint density at radius 2 is 2.16 bits per heavy atom. The summed E-state index contributed by atoms with van der Waals surface area (Å²) >= 11 is 3.91. The number of nitrogens with two attached hydrogens (primary N) is 1. The molecule has 0 saturated heterocycles. The van der Waals surface area contributed by atoms with Crippen LogP contribution in [0.3, 0.4) is 0 Å². The van der Waals surface area contributed by atoms with Crippen LogP contribution in [0, 0.1) is 17.0 Å². The summed E-state index contributed by atoms with van der Waals surface area (Å²) in [4.78, 5) is 39.3. The molecule has 3 N–H and O–H groups in total. The average Bonchev–Trinajstić information content (AvgIpc) is 3.45. The lowest BCUT2D eigenvalue weighted by atomic mass is 10.0. The van der Waals surface area contributed by atoms with Crippen LogP contribution in [-0.2, 0) is 11.3 Å². The van der Waals surface area contributed by atoms with Crippen molar-refractivity contribution < 1.29 is 23.3 Å². The third-order valence-corrected chi connectivity index (χ3v) is 7.05. The molecule has 3 aromatic heterocycles. The van der Waals surface area contributed by atoms with Gasteiger partial charge in [-0.05, 0) is 58.2 Å². The number of hydrogen-bond acceptors (Lipinski definition) is 7. The number of carbonyl (C=O) groups excluding carboxylic acids is 2. The minimum Gasteiger partial charge on any atom is -0.365 e. The van der Waals surface area contributed by atoms with Crippen molar-refractivity contribution in [1.29, 1.82) is 0 Å². The number of pyridine rings is 1. The van der Waals surface area contributed by atoms with Gasteiger partial charge in [-0.3, -0.25) is 9.59 Å². The van der Waals surface area contributed by atoms with E-state index in [0.29, 0.717) is 16.6 Å². The lowest BCUT2D eigenvalue weighted by molar-refractivity contribution is -0.390. The van der Waals surface area contributed by atoms with Crippen LogP contribution in [0.2, 0.25) is 0 Å². The van der Waals surface area contributed by atoms with Gasteiger partial charge in [-0.2, -0.15) is 4.68 Å². The standard InChI is InChI=1S/C18H15BrF2N6O4S/c1-6-12(19)17(27(30)31)25-26(6)5-10(28)24-13-11-8(7-2-3-7)4-9(15(20)21)23-18(11)32-14(13)16(22)29/h4,7,15H,2-3,5H2,1H3,(H2,22,29)(H,24,28). The van der Waals surface area contributed by atoms with Crippen molar-refractivity contribution in [2.75, 3.05) is 5.32 Å². The third-order valence-electron chi connectivity index (χ3n) is 5.02. The van der Waals surface area contributed by atoms with Crippen molar-refractivity contribution in [2.24, 2.45) is 5.73 Å². The predicted octanol–water partition coefficient (Wildman–Crippen LogP) is 4.02. The van der Waals surface area contributed by atoms with E-state index in [9.17, 15) is 28.5 Å². The van der Waals surface area contributed by atoms with E-state index in [2.05, 4.69) is 31.3 Å². The molecule has 3 aromatic rings. The van der Waals surface area contributed by atoms with Gasteiger partial charge >= 0.3 is 5.82 Å². The summed E-state index contributed by atoms with van der Waals surface area (Å²) < 4.78 is 27.9. The molecular weight excluding hydrogens is 514 g/mol. The predicted molar refractivity (Wildman–Crippen MR) is 115 cm³/mol. The van der Waals surface area contributed by atoms with E-state index in [4.69, 9.17) is 5.73 Å². The first kappa shape index (κ1) is 22.2. The van der Waals surface area contributed by atoms with Crippen LogP contribution in [0.25, 0.3) is 10.2 Å². The maximum absolute atomic E-state index is 13.3. The second-order valence-electron chi connectivity index (χ2n) is 7.25. The number of amides is 2. The Kier molecular flexibility index (Phi) is 5.67. The minimum atomic E-state index is -2.79. The van der Waals surface area contributed by atoms with Crippen molar-refractivity contribution in [3.8, 4) is 0 Å². The topological polar surface area (TPSA) is 146 Å². The van der Waals surface area contributed by atoms with Crippen LogP contribution in [0.4, 0.5) is 20.3 Å². The number of carbonyl (C=O) groups is 2. The number of hydrogen-bond donors (Lipinski definition) is 2. The number of nitrogens with one attached hydrogen (secondary N) is 1. The number of nitro groups is 1. The van der Waals surface area contributed by atoms with Gasteiger partial charge in [0, 0.05) is 5.39 Å². The molecule has 2 amide bonds. The highest BCUT2D eigenvalue weighted by molar-refractivity contribution is 9.10. The molecule has 3 heterocycles. The number of fused-ring (bicyclic) bond motifs is 1. The van der Waals surface area contributed by atoms with Crippen LogP contribution in [-0.4, -0.2) is 31.5 Å². The Labute approximate surface area is 191 Å². The summed E-state index contributed by atoms with van der Waals surface area (Å²) in [7, 11) is 0. The van der Waals surface area contributed by atoms with Crippen LogP contribution in [0.1, 0.15) is 51.8 Å². The van der Waals surface area contributed by atoms with Gasteiger partial charge in [-0.15, -0.1) is 11.3 Å². The fourth-order valence-corrected chi connectivity index (χ4v) is 4.81. The first-order chi connectivity index (χ1) is 15.1. The third kappa shape index (κ3) is 3.95. The Morgan fingerprint density at radius 3 is 2.69 bits per heavy atom. The summed E-state index contributed by atoms with van der Waals surface area (Å²) in [6, 6.07) is 1.30. The highest BCUT2D eigenvalue weighted by atomic mass is 79.9. The van der Waals surface area contributed by atoms with Gasteiger partial charge in [0.2, 0.25) is 5.91 Å².